The molecule has 1 aromatic heterocycles. The van der Waals surface area contributed by atoms with Crippen LogP contribution in [0, 0.1) is 0 Å². The number of ether oxygens (including phenoxy) is 2. The van der Waals surface area contributed by atoms with E-state index in [2.05, 4.69) is 0 Å². The number of carboxylic acids is 1. The minimum absolute atomic E-state index is 0.0280. The Bertz CT molecular complexity index is 776. The summed E-state index contributed by atoms with van der Waals surface area (Å²) in [6.07, 6.45) is -0.224. The number of aromatic nitrogens is 1. The largest absolute Gasteiger partial charge is 0.497 e. The van der Waals surface area contributed by atoms with E-state index in [0.717, 1.165) is 0 Å². The number of pyridine rings is 1. The molecule has 2 rings (SSSR count). The molecule has 0 bridgehead atoms. The summed E-state index contributed by atoms with van der Waals surface area (Å²) in [6, 6.07) is 4.67. The number of benzene rings is 1. The van der Waals surface area contributed by atoms with Crippen molar-refractivity contribution in [2.45, 2.75) is 26.3 Å². The summed E-state index contributed by atoms with van der Waals surface area (Å²) in [5.74, 6) is 0.00996. The quantitative estimate of drug-likeness (QED) is 0.916. The summed E-state index contributed by atoms with van der Waals surface area (Å²) < 4.78 is 12.4. The lowest BCUT2D eigenvalue weighted by Crippen LogP contribution is -2.19. The third-order valence-corrected chi connectivity index (χ3v) is 3.47. The topological polar surface area (TPSA) is 77.8 Å². The molecule has 1 N–H and O–H groups in total. The first kappa shape index (κ1) is 15.9. The average Bonchev–Trinajstić information content (AvgIpc) is 2.45. The van der Waals surface area contributed by atoms with Gasteiger partial charge in [0.1, 0.15) is 11.5 Å². The van der Waals surface area contributed by atoms with E-state index < -0.39 is 5.97 Å². The number of aliphatic carboxylic acids is 1. The van der Waals surface area contributed by atoms with Crippen molar-refractivity contribution in [3.8, 4) is 11.5 Å². The maximum absolute atomic E-state index is 12.4. The van der Waals surface area contributed by atoms with Crippen molar-refractivity contribution in [3.63, 3.8) is 0 Å². The highest BCUT2D eigenvalue weighted by Crippen LogP contribution is 2.32. The molecule has 0 saturated carbocycles. The van der Waals surface area contributed by atoms with Crippen LogP contribution in [-0.4, -0.2) is 29.9 Å². The summed E-state index contributed by atoms with van der Waals surface area (Å²) in [6.45, 7) is 3.86. The second-order valence-electron chi connectivity index (χ2n) is 5.26. The number of carbonyl (C=O) groups is 1. The zero-order valence-corrected chi connectivity index (χ0v) is 13.0. The molecule has 1 aromatic carbocycles. The van der Waals surface area contributed by atoms with E-state index >= 15 is 0 Å². The number of methoxy groups -OCH3 is 2. The van der Waals surface area contributed by atoms with Gasteiger partial charge in [0.05, 0.1) is 31.5 Å². The molecule has 22 heavy (non-hydrogen) atoms. The number of hydrogen-bond donors (Lipinski definition) is 1. The molecule has 118 valence electrons. The number of nitrogens with zero attached hydrogens (tertiary/aromatic N) is 1. The molecule has 6 nitrogen and oxygen atoms in total. The highest BCUT2D eigenvalue weighted by atomic mass is 16.5. The molecule has 0 radical (unpaired) electrons. The van der Waals surface area contributed by atoms with Gasteiger partial charge in [-0.15, -0.1) is 0 Å². The third kappa shape index (κ3) is 2.77. The van der Waals surface area contributed by atoms with Gasteiger partial charge in [-0.1, -0.05) is 0 Å². The summed E-state index contributed by atoms with van der Waals surface area (Å²) in [7, 11) is 3.02. The maximum atomic E-state index is 12.4. The average molecular weight is 305 g/mol. The van der Waals surface area contributed by atoms with E-state index in [1.54, 1.807) is 12.1 Å². The molecule has 0 aliphatic heterocycles. The lowest BCUT2D eigenvalue weighted by molar-refractivity contribution is -0.136. The summed E-state index contributed by atoms with van der Waals surface area (Å²) in [4.78, 5) is 23.5. The van der Waals surface area contributed by atoms with Gasteiger partial charge in [0.2, 0.25) is 0 Å². The Kier molecular flexibility index (Phi) is 4.40. The SMILES string of the molecule is COc1cc(OC)c2c(c1)c(=O)cc(CC(=O)O)n2C(C)C. The van der Waals surface area contributed by atoms with Gasteiger partial charge in [-0.2, -0.15) is 0 Å². The molecular formula is C16H19NO5. The van der Waals surface area contributed by atoms with Crippen molar-refractivity contribution in [2.24, 2.45) is 0 Å². The smallest absolute Gasteiger partial charge is 0.309 e. The van der Waals surface area contributed by atoms with E-state index in [-0.39, 0.29) is 17.9 Å². The Morgan fingerprint density at radius 2 is 1.91 bits per heavy atom. The van der Waals surface area contributed by atoms with E-state index in [4.69, 9.17) is 14.6 Å². The van der Waals surface area contributed by atoms with E-state index in [1.807, 2.05) is 18.4 Å². The highest BCUT2D eigenvalue weighted by Gasteiger charge is 2.18. The number of hydrogen-bond acceptors (Lipinski definition) is 4. The second-order valence-corrected chi connectivity index (χ2v) is 5.26. The fraction of sp³-hybridized carbons (Fsp3) is 0.375. The standard InChI is InChI=1S/C16H19NO5/c1-9(2)17-10(6-15(19)20)5-13(18)12-7-11(21-3)8-14(22-4)16(12)17/h5,7-9H,6H2,1-4H3,(H,19,20). The van der Waals surface area contributed by atoms with Crippen LogP contribution in [0.4, 0.5) is 0 Å². The van der Waals surface area contributed by atoms with Crippen molar-refractivity contribution in [2.75, 3.05) is 14.2 Å². The van der Waals surface area contributed by atoms with Gasteiger partial charge in [-0.05, 0) is 19.9 Å². The molecule has 2 aromatic rings. The van der Waals surface area contributed by atoms with Gasteiger partial charge in [-0.25, -0.2) is 0 Å². The van der Waals surface area contributed by atoms with E-state index in [9.17, 15) is 9.59 Å². The molecule has 6 heteroatoms. The van der Waals surface area contributed by atoms with E-state index in [0.29, 0.717) is 28.1 Å². The van der Waals surface area contributed by atoms with Gasteiger partial charge in [0.25, 0.3) is 0 Å². The minimum atomic E-state index is -0.986. The minimum Gasteiger partial charge on any atom is -0.497 e. The first-order valence-electron chi connectivity index (χ1n) is 6.91. The van der Waals surface area contributed by atoms with Crippen LogP contribution in [0.3, 0.4) is 0 Å². The van der Waals surface area contributed by atoms with Crippen LogP contribution >= 0.6 is 0 Å². The fourth-order valence-corrected chi connectivity index (χ4v) is 2.62. The molecule has 0 aliphatic rings. The monoisotopic (exact) mass is 305 g/mol. The molecule has 0 unspecified atom stereocenters. The highest BCUT2D eigenvalue weighted by molar-refractivity contribution is 5.87. The Morgan fingerprint density at radius 3 is 2.41 bits per heavy atom. The van der Waals surface area contributed by atoms with Gasteiger partial charge >= 0.3 is 5.97 Å². The lowest BCUT2D eigenvalue weighted by atomic mass is 10.1. The molecule has 0 amide bonds. The molecule has 1 heterocycles. The Labute approximate surface area is 127 Å². The van der Waals surface area contributed by atoms with Crippen LogP contribution < -0.4 is 14.9 Å². The first-order valence-corrected chi connectivity index (χ1v) is 6.91. The second kappa shape index (κ2) is 6.09. The van der Waals surface area contributed by atoms with Gasteiger partial charge in [0, 0.05) is 23.9 Å². The number of rotatable bonds is 5. The third-order valence-electron chi connectivity index (χ3n) is 3.47. The molecule has 0 aliphatic carbocycles. The fourth-order valence-electron chi connectivity index (χ4n) is 2.62. The molecule has 0 atom stereocenters. The van der Waals surface area contributed by atoms with Crippen molar-refractivity contribution in [3.05, 3.63) is 34.1 Å². The molecule has 0 fully saturated rings. The molecular weight excluding hydrogens is 286 g/mol. The van der Waals surface area contributed by atoms with Crippen LogP contribution in [0.2, 0.25) is 0 Å². The molecule has 0 spiro atoms. The van der Waals surface area contributed by atoms with Crippen molar-refractivity contribution in [1.29, 1.82) is 0 Å². The first-order chi connectivity index (χ1) is 10.4. The van der Waals surface area contributed by atoms with E-state index in [1.165, 1.54) is 20.3 Å². The van der Waals surface area contributed by atoms with Crippen molar-refractivity contribution in [1.82, 2.24) is 4.57 Å². The summed E-state index contributed by atoms with van der Waals surface area (Å²) >= 11 is 0. The predicted octanol–water partition coefficient (Wildman–Crippen LogP) is 2.23. The number of carboxylic acid groups (broad SMARTS) is 1. The van der Waals surface area contributed by atoms with Crippen LogP contribution in [0.5, 0.6) is 11.5 Å². The van der Waals surface area contributed by atoms with Crippen molar-refractivity contribution < 1.29 is 19.4 Å². The Hall–Kier alpha value is -2.50. The Morgan fingerprint density at radius 1 is 1.23 bits per heavy atom. The lowest BCUT2D eigenvalue weighted by Gasteiger charge is -2.21. The summed E-state index contributed by atoms with van der Waals surface area (Å²) in [5.41, 5.74) is 0.783. The van der Waals surface area contributed by atoms with Crippen LogP contribution in [0.1, 0.15) is 25.6 Å². The Balaban J connectivity index is 2.95. The van der Waals surface area contributed by atoms with Crippen molar-refractivity contribution >= 4 is 16.9 Å². The number of fused-ring (bicyclic) bond motifs is 1. The normalized spacial score (nSPS) is 11.0. The van der Waals surface area contributed by atoms with Gasteiger partial charge in [0.15, 0.2) is 5.43 Å². The van der Waals surface area contributed by atoms with Gasteiger partial charge in [-0.3, -0.25) is 9.59 Å². The summed E-state index contributed by atoms with van der Waals surface area (Å²) in [5, 5.41) is 9.52. The zero-order valence-electron chi connectivity index (χ0n) is 13.0. The van der Waals surface area contributed by atoms with Crippen LogP contribution in [0.25, 0.3) is 10.9 Å². The van der Waals surface area contributed by atoms with Crippen LogP contribution in [0.15, 0.2) is 23.0 Å². The van der Waals surface area contributed by atoms with Gasteiger partial charge < -0.3 is 19.1 Å². The molecule has 0 saturated heterocycles. The predicted molar refractivity (Wildman–Crippen MR) is 83.0 cm³/mol. The van der Waals surface area contributed by atoms with Crippen LogP contribution in [-0.2, 0) is 11.2 Å². The zero-order chi connectivity index (χ0) is 16.4. The maximum Gasteiger partial charge on any atom is 0.309 e.